The van der Waals surface area contributed by atoms with Crippen LogP contribution >= 0.6 is 0 Å². The quantitative estimate of drug-likeness (QED) is 0.596. The Morgan fingerprint density at radius 2 is 1.89 bits per heavy atom. The van der Waals surface area contributed by atoms with Crippen LogP contribution in [0.25, 0.3) is 0 Å². The maximum atomic E-state index is 12.1. The van der Waals surface area contributed by atoms with Gasteiger partial charge in [-0.1, -0.05) is 24.3 Å². The molecule has 0 unspecified atom stereocenters. The predicted molar refractivity (Wildman–Crippen MR) is 104 cm³/mol. The van der Waals surface area contributed by atoms with E-state index in [0.29, 0.717) is 18.7 Å². The van der Waals surface area contributed by atoms with Crippen molar-refractivity contribution >= 4 is 5.91 Å². The lowest BCUT2D eigenvalue weighted by Crippen LogP contribution is -2.48. The highest BCUT2D eigenvalue weighted by Gasteiger charge is 2.51. The average molecular weight is 366 g/mol. The van der Waals surface area contributed by atoms with E-state index in [1.807, 2.05) is 6.07 Å². The van der Waals surface area contributed by atoms with Gasteiger partial charge in [-0.3, -0.25) is 9.78 Å². The van der Waals surface area contributed by atoms with Crippen molar-refractivity contribution in [1.82, 2.24) is 20.9 Å². The highest BCUT2D eigenvalue weighted by Crippen LogP contribution is 2.49. The maximum Gasteiger partial charge on any atom is 0.251 e. The number of aromatic nitrogens is 1. The fourth-order valence-corrected chi connectivity index (χ4v) is 4.54. The van der Waals surface area contributed by atoms with Crippen molar-refractivity contribution in [3.63, 3.8) is 0 Å². The number of piperidine rings is 1. The number of aliphatic hydroxyl groups is 1. The molecule has 4 rings (SSSR count). The van der Waals surface area contributed by atoms with Crippen molar-refractivity contribution in [1.29, 1.82) is 0 Å². The molecule has 1 amide bonds. The molecule has 1 saturated heterocycles. The van der Waals surface area contributed by atoms with Crippen LogP contribution in [-0.4, -0.2) is 48.3 Å². The van der Waals surface area contributed by atoms with Crippen LogP contribution in [0, 0.1) is 0 Å². The molecule has 0 radical (unpaired) electrons. The van der Waals surface area contributed by atoms with E-state index in [-0.39, 0.29) is 17.4 Å². The van der Waals surface area contributed by atoms with Crippen LogP contribution in [0.1, 0.15) is 40.4 Å². The standard InChI is InChI=1S/C21H26N4O2/c26-19-18(24-13-14-25-20(27)15-5-9-22-10-6-15)16-3-1-2-4-17(16)21(19)7-11-23-12-8-21/h1-6,9-10,18-19,23-24,26H,7-8,11-14H2,(H,25,27)/t18-,19+/m0/s1. The summed E-state index contributed by atoms with van der Waals surface area (Å²) in [5.74, 6) is -0.110. The summed E-state index contributed by atoms with van der Waals surface area (Å²) in [6.45, 7) is 2.96. The van der Waals surface area contributed by atoms with Gasteiger partial charge in [-0.05, 0) is 49.2 Å². The third-order valence-corrected chi connectivity index (χ3v) is 5.93. The summed E-state index contributed by atoms with van der Waals surface area (Å²) in [6, 6.07) is 11.7. The molecule has 1 aliphatic heterocycles. The van der Waals surface area contributed by atoms with Crippen LogP contribution in [0.4, 0.5) is 0 Å². The summed E-state index contributed by atoms with van der Waals surface area (Å²) in [5, 5.41) is 21.0. The zero-order valence-electron chi connectivity index (χ0n) is 15.3. The van der Waals surface area contributed by atoms with E-state index in [9.17, 15) is 9.90 Å². The summed E-state index contributed by atoms with van der Waals surface area (Å²) >= 11 is 0. The second-order valence-electron chi connectivity index (χ2n) is 7.36. The lowest BCUT2D eigenvalue weighted by molar-refractivity contribution is 0.0445. The molecule has 4 N–H and O–H groups in total. The number of nitrogens with zero attached hydrogens (tertiary/aromatic N) is 1. The van der Waals surface area contributed by atoms with Crippen LogP contribution < -0.4 is 16.0 Å². The molecule has 1 aliphatic carbocycles. The van der Waals surface area contributed by atoms with Crippen molar-refractivity contribution < 1.29 is 9.90 Å². The second kappa shape index (κ2) is 7.76. The highest BCUT2D eigenvalue weighted by atomic mass is 16.3. The molecule has 1 spiro atoms. The van der Waals surface area contributed by atoms with E-state index in [0.717, 1.165) is 25.9 Å². The van der Waals surface area contributed by atoms with E-state index >= 15 is 0 Å². The van der Waals surface area contributed by atoms with Crippen LogP contribution in [-0.2, 0) is 5.41 Å². The average Bonchev–Trinajstić information content (AvgIpc) is 2.95. The fraction of sp³-hybridized carbons (Fsp3) is 0.429. The van der Waals surface area contributed by atoms with Gasteiger partial charge >= 0.3 is 0 Å². The normalized spacial score (nSPS) is 23.1. The molecule has 27 heavy (non-hydrogen) atoms. The van der Waals surface area contributed by atoms with Crippen LogP contribution in [0.2, 0.25) is 0 Å². The van der Waals surface area contributed by atoms with Gasteiger partial charge in [-0.15, -0.1) is 0 Å². The Balaban J connectivity index is 1.40. The Hall–Kier alpha value is -2.28. The zero-order valence-corrected chi connectivity index (χ0v) is 15.3. The molecular formula is C21H26N4O2. The number of hydrogen-bond donors (Lipinski definition) is 4. The first-order chi connectivity index (χ1) is 13.2. The van der Waals surface area contributed by atoms with E-state index in [4.69, 9.17) is 0 Å². The fourth-order valence-electron chi connectivity index (χ4n) is 4.54. The molecule has 0 bridgehead atoms. The number of amides is 1. The molecular weight excluding hydrogens is 340 g/mol. The van der Waals surface area contributed by atoms with E-state index in [1.54, 1.807) is 24.5 Å². The number of pyridine rings is 1. The molecule has 2 aromatic rings. The van der Waals surface area contributed by atoms with Crippen molar-refractivity contribution in [2.24, 2.45) is 0 Å². The molecule has 142 valence electrons. The van der Waals surface area contributed by atoms with Gasteiger partial charge in [-0.2, -0.15) is 0 Å². The smallest absolute Gasteiger partial charge is 0.251 e. The molecule has 1 fully saturated rings. The van der Waals surface area contributed by atoms with E-state index < -0.39 is 6.10 Å². The summed E-state index contributed by atoms with van der Waals surface area (Å²) in [6.07, 6.45) is 4.66. The minimum absolute atomic E-state index is 0.0999. The molecule has 1 aromatic carbocycles. The summed E-state index contributed by atoms with van der Waals surface area (Å²) in [5.41, 5.74) is 2.90. The van der Waals surface area contributed by atoms with Crippen molar-refractivity contribution in [2.75, 3.05) is 26.2 Å². The molecule has 0 saturated carbocycles. The lowest BCUT2D eigenvalue weighted by Gasteiger charge is -2.39. The molecule has 2 heterocycles. The maximum absolute atomic E-state index is 12.1. The monoisotopic (exact) mass is 366 g/mol. The summed E-state index contributed by atoms with van der Waals surface area (Å²) < 4.78 is 0. The number of aliphatic hydroxyl groups excluding tert-OH is 1. The molecule has 2 atom stereocenters. The van der Waals surface area contributed by atoms with Gasteiger partial charge < -0.3 is 21.1 Å². The number of carbonyl (C=O) groups excluding carboxylic acids is 1. The number of rotatable bonds is 5. The highest BCUT2D eigenvalue weighted by molar-refractivity contribution is 5.93. The zero-order chi connectivity index (χ0) is 18.7. The second-order valence-corrected chi connectivity index (χ2v) is 7.36. The Morgan fingerprint density at radius 1 is 1.15 bits per heavy atom. The molecule has 6 nitrogen and oxygen atoms in total. The molecule has 2 aliphatic rings. The van der Waals surface area contributed by atoms with Crippen molar-refractivity contribution in [3.05, 3.63) is 65.5 Å². The first kappa shape index (κ1) is 18.1. The van der Waals surface area contributed by atoms with Crippen LogP contribution in [0.15, 0.2) is 48.8 Å². The van der Waals surface area contributed by atoms with Gasteiger partial charge in [-0.25, -0.2) is 0 Å². The summed E-state index contributed by atoms with van der Waals surface area (Å²) in [4.78, 5) is 16.0. The Labute approximate surface area is 159 Å². The van der Waals surface area contributed by atoms with Gasteiger partial charge in [0, 0.05) is 36.5 Å². The van der Waals surface area contributed by atoms with E-state index in [1.165, 1.54) is 11.1 Å². The Morgan fingerprint density at radius 3 is 2.67 bits per heavy atom. The summed E-state index contributed by atoms with van der Waals surface area (Å²) in [7, 11) is 0. The van der Waals surface area contributed by atoms with Gasteiger partial charge in [0.15, 0.2) is 0 Å². The van der Waals surface area contributed by atoms with Gasteiger partial charge in [0.25, 0.3) is 5.91 Å². The Bertz CT molecular complexity index is 790. The number of fused-ring (bicyclic) bond motifs is 2. The SMILES string of the molecule is O=C(NCCN[C@H]1c2ccccc2C2(CCNCC2)[C@@H]1O)c1ccncc1. The Kier molecular flexibility index (Phi) is 5.20. The number of carbonyl (C=O) groups is 1. The largest absolute Gasteiger partial charge is 0.390 e. The lowest BCUT2D eigenvalue weighted by atomic mass is 9.72. The van der Waals surface area contributed by atoms with E-state index in [2.05, 4.69) is 39.1 Å². The minimum atomic E-state index is -0.451. The topological polar surface area (TPSA) is 86.3 Å². The number of hydrogen-bond acceptors (Lipinski definition) is 5. The minimum Gasteiger partial charge on any atom is -0.390 e. The number of nitrogens with one attached hydrogen (secondary N) is 3. The van der Waals surface area contributed by atoms with Crippen molar-refractivity contribution in [2.45, 2.75) is 30.4 Å². The van der Waals surface area contributed by atoms with Gasteiger partial charge in [0.05, 0.1) is 12.1 Å². The number of benzene rings is 1. The van der Waals surface area contributed by atoms with Gasteiger partial charge in [0.2, 0.25) is 0 Å². The van der Waals surface area contributed by atoms with Crippen molar-refractivity contribution in [3.8, 4) is 0 Å². The predicted octanol–water partition coefficient (Wildman–Crippen LogP) is 1.14. The van der Waals surface area contributed by atoms with Crippen LogP contribution in [0.5, 0.6) is 0 Å². The first-order valence-electron chi connectivity index (χ1n) is 9.62. The van der Waals surface area contributed by atoms with Crippen LogP contribution in [0.3, 0.4) is 0 Å². The molecule has 6 heteroatoms. The molecule has 1 aromatic heterocycles. The first-order valence-corrected chi connectivity index (χ1v) is 9.62. The third kappa shape index (κ3) is 3.36. The van der Waals surface area contributed by atoms with Gasteiger partial charge in [0.1, 0.15) is 0 Å². The third-order valence-electron chi connectivity index (χ3n) is 5.93.